The Kier molecular flexibility index (Phi) is 34.9. The molecule has 0 aliphatic rings. The number of carbonyl (C=O) groups is 3. The molecule has 306 valence electrons. The number of allylic oxidation sites excluding steroid dienone is 7. The Morgan fingerprint density at radius 1 is 0.717 bits per heavy atom. The van der Waals surface area contributed by atoms with Crippen LogP contribution in [0.2, 0.25) is 0 Å². The Balaban J connectivity index is 4.36. The van der Waals surface area contributed by atoms with Gasteiger partial charge in [-0.15, -0.1) is 11.8 Å². The molecule has 0 amide bonds. The molecule has 0 aromatic carbocycles. The van der Waals surface area contributed by atoms with Crippen molar-refractivity contribution in [2.75, 3.05) is 19.0 Å². The first-order chi connectivity index (χ1) is 25.6. The molecule has 1 unspecified atom stereocenters. The molecular weight excluding hydrogens is 691 g/mol. The maximum absolute atomic E-state index is 12.5. The Labute approximate surface area is 326 Å². The quantitative estimate of drug-likeness (QED) is 0.0210. The summed E-state index contributed by atoms with van der Waals surface area (Å²) in [5, 5.41) is 29.5. The highest BCUT2D eigenvalue weighted by Crippen LogP contribution is 2.22. The van der Waals surface area contributed by atoms with Gasteiger partial charge in [0.2, 0.25) is 0 Å². The number of carboxylic acid groups (broad SMARTS) is 1. The number of aliphatic hydroxyl groups is 2. The van der Waals surface area contributed by atoms with Gasteiger partial charge in [0.1, 0.15) is 25.4 Å². The lowest BCUT2D eigenvalue weighted by Crippen LogP contribution is -2.38. The minimum Gasteiger partial charge on any atom is -0.481 e. The van der Waals surface area contributed by atoms with Gasteiger partial charge in [-0.1, -0.05) is 153 Å². The number of unbranched alkanes of at least 4 members (excludes halogenated alkanes) is 12. The summed E-state index contributed by atoms with van der Waals surface area (Å²) in [7, 11) is 0. The van der Waals surface area contributed by atoms with Gasteiger partial charge >= 0.3 is 17.9 Å². The number of rotatable bonds is 36. The van der Waals surface area contributed by atoms with Crippen molar-refractivity contribution in [1.29, 1.82) is 0 Å². The van der Waals surface area contributed by atoms with Crippen molar-refractivity contribution in [3.05, 3.63) is 48.6 Å². The average Bonchev–Trinajstić information content (AvgIpc) is 3.14. The van der Waals surface area contributed by atoms with Crippen LogP contribution >= 0.6 is 11.8 Å². The molecule has 5 N–H and O–H groups in total. The van der Waals surface area contributed by atoms with Gasteiger partial charge in [0.25, 0.3) is 0 Å². The molecule has 5 atom stereocenters. The third-order valence-corrected chi connectivity index (χ3v) is 10.5. The molecule has 10 heteroatoms. The third kappa shape index (κ3) is 33.9. The van der Waals surface area contributed by atoms with Crippen LogP contribution in [0.4, 0.5) is 0 Å². The SMILES string of the molecule is CCCCC/C=C\C\C=C/C=C/C=C/[C@@H](SC[C@H](N)C(=O)OC[C@H](O)COC(=O)CCCCCCCCCCCCC(C)CC)[C@@H](O)CCCC(=O)O. The number of aliphatic hydroxyl groups excluding tert-OH is 2. The lowest BCUT2D eigenvalue weighted by molar-refractivity contribution is -0.153. The van der Waals surface area contributed by atoms with Gasteiger partial charge in [0.15, 0.2) is 0 Å². The largest absolute Gasteiger partial charge is 0.481 e. The minimum atomic E-state index is -1.16. The minimum absolute atomic E-state index is 0.0432. The summed E-state index contributed by atoms with van der Waals surface area (Å²) < 4.78 is 10.3. The molecular formula is C43H75NO8S. The predicted molar refractivity (Wildman–Crippen MR) is 220 cm³/mol. The first kappa shape index (κ1) is 50.6. The number of carbonyl (C=O) groups excluding carboxylic acids is 2. The molecule has 0 heterocycles. The summed E-state index contributed by atoms with van der Waals surface area (Å²) in [6.45, 7) is 6.17. The Morgan fingerprint density at radius 3 is 2.02 bits per heavy atom. The van der Waals surface area contributed by atoms with Gasteiger partial charge in [0, 0.05) is 23.8 Å². The fraction of sp³-hybridized carbons (Fsp3) is 0.744. The van der Waals surface area contributed by atoms with Crippen LogP contribution in [-0.4, -0.2) is 75.7 Å². The van der Waals surface area contributed by atoms with Crippen molar-refractivity contribution >= 4 is 29.7 Å². The van der Waals surface area contributed by atoms with E-state index >= 15 is 0 Å². The Bertz CT molecular complexity index is 1030. The number of nitrogens with two attached hydrogens (primary N) is 1. The first-order valence-corrected chi connectivity index (χ1v) is 21.6. The maximum Gasteiger partial charge on any atom is 0.323 e. The van der Waals surface area contributed by atoms with Gasteiger partial charge in [-0.2, -0.15) is 0 Å². The second kappa shape index (κ2) is 36.6. The summed E-state index contributed by atoms with van der Waals surface area (Å²) in [5.74, 6) is -1.02. The van der Waals surface area contributed by atoms with Crippen molar-refractivity contribution in [2.45, 2.75) is 179 Å². The topological polar surface area (TPSA) is 156 Å². The molecule has 0 saturated carbocycles. The van der Waals surface area contributed by atoms with E-state index < -0.39 is 35.4 Å². The van der Waals surface area contributed by atoms with Crippen molar-refractivity contribution in [3.8, 4) is 0 Å². The average molecular weight is 766 g/mol. The van der Waals surface area contributed by atoms with E-state index in [1.165, 1.54) is 88.8 Å². The highest BCUT2D eigenvalue weighted by Gasteiger charge is 2.23. The number of hydrogen-bond donors (Lipinski definition) is 4. The zero-order chi connectivity index (χ0) is 39.4. The van der Waals surface area contributed by atoms with Crippen LogP contribution in [-0.2, 0) is 23.9 Å². The van der Waals surface area contributed by atoms with E-state index in [1.807, 2.05) is 30.4 Å². The number of hydrogen-bond acceptors (Lipinski definition) is 9. The highest BCUT2D eigenvalue weighted by molar-refractivity contribution is 8.00. The number of carboxylic acids is 1. The smallest absolute Gasteiger partial charge is 0.323 e. The van der Waals surface area contributed by atoms with Crippen LogP contribution in [0.1, 0.15) is 156 Å². The number of ether oxygens (including phenoxy) is 2. The van der Waals surface area contributed by atoms with E-state index in [0.717, 1.165) is 38.0 Å². The van der Waals surface area contributed by atoms with Crippen LogP contribution in [0.3, 0.4) is 0 Å². The van der Waals surface area contributed by atoms with Gasteiger partial charge in [-0.3, -0.25) is 14.4 Å². The fourth-order valence-corrected chi connectivity index (χ4v) is 6.57. The van der Waals surface area contributed by atoms with Crippen LogP contribution in [0, 0.1) is 5.92 Å². The van der Waals surface area contributed by atoms with Crippen LogP contribution in [0.25, 0.3) is 0 Å². The second-order valence-electron chi connectivity index (χ2n) is 14.2. The van der Waals surface area contributed by atoms with Crippen LogP contribution in [0.15, 0.2) is 48.6 Å². The maximum atomic E-state index is 12.5. The number of esters is 2. The van der Waals surface area contributed by atoms with Crippen LogP contribution in [0.5, 0.6) is 0 Å². The molecule has 0 fully saturated rings. The van der Waals surface area contributed by atoms with E-state index in [1.54, 1.807) is 0 Å². The fourth-order valence-electron chi connectivity index (χ4n) is 5.44. The molecule has 0 spiro atoms. The molecule has 0 aromatic rings. The molecule has 0 radical (unpaired) electrons. The molecule has 9 nitrogen and oxygen atoms in total. The Hall–Kier alpha value is -2.40. The monoisotopic (exact) mass is 766 g/mol. The van der Waals surface area contributed by atoms with Gasteiger partial charge in [0.05, 0.1) is 6.10 Å². The van der Waals surface area contributed by atoms with E-state index in [0.29, 0.717) is 12.8 Å². The molecule has 0 aromatic heterocycles. The number of thioether (sulfide) groups is 1. The first-order valence-electron chi connectivity index (χ1n) is 20.5. The number of aliphatic carboxylic acids is 1. The van der Waals surface area contributed by atoms with Crippen molar-refractivity contribution < 1.29 is 39.2 Å². The summed E-state index contributed by atoms with van der Waals surface area (Å²) in [4.78, 5) is 35.5. The summed E-state index contributed by atoms with van der Waals surface area (Å²) in [5.41, 5.74) is 6.05. The van der Waals surface area contributed by atoms with E-state index in [2.05, 4.69) is 39.0 Å². The van der Waals surface area contributed by atoms with Crippen LogP contribution < -0.4 is 5.73 Å². The van der Waals surface area contributed by atoms with Gasteiger partial charge in [-0.25, -0.2) is 0 Å². The molecule has 0 aliphatic carbocycles. The van der Waals surface area contributed by atoms with E-state index in [-0.39, 0.29) is 37.8 Å². The lowest BCUT2D eigenvalue weighted by atomic mass is 9.99. The standard InChI is InChI=1S/C43H75NO8S/c1-4-6-7-8-9-10-11-12-16-19-22-25-30-40(39(46)29-27-31-41(47)48)53-35-38(44)43(50)52-34-37(45)33-51-42(49)32-26-23-20-17-14-13-15-18-21-24-28-36(3)5-2/h9-10,12,16,19,22,25,30,36-40,45-46H,4-8,11,13-15,17-18,20-21,23-24,26-29,31-35,44H2,1-3H3,(H,47,48)/b10-9-,16-12-,22-19+,30-25+/t36?,37-,38+,39+,40-/m1/s1. The zero-order valence-corrected chi connectivity index (χ0v) is 34.2. The second-order valence-corrected chi connectivity index (χ2v) is 15.4. The molecule has 53 heavy (non-hydrogen) atoms. The van der Waals surface area contributed by atoms with Gasteiger partial charge in [-0.05, 0) is 44.4 Å². The summed E-state index contributed by atoms with van der Waals surface area (Å²) >= 11 is 1.27. The zero-order valence-electron chi connectivity index (χ0n) is 33.3. The van der Waals surface area contributed by atoms with Crippen molar-refractivity contribution in [1.82, 2.24) is 0 Å². The molecule has 0 aliphatic heterocycles. The molecule has 0 bridgehead atoms. The Morgan fingerprint density at radius 2 is 1.36 bits per heavy atom. The summed E-state index contributed by atoms with van der Waals surface area (Å²) in [6.07, 6.45) is 34.7. The highest BCUT2D eigenvalue weighted by atomic mass is 32.2. The van der Waals surface area contributed by atoms with E-state index in [4.69, 9.17) is 20.3 Å². The predicted octanol–water partition coefficient (Wildman–Crippen LogP) is 9.40. The molecule has 0 saturated heterocycles. The van der Waals surface area contributed by atoms with Crippen molar-refractivity contribution in [3.63, 3.8) is 0 Å². The van der Waals surface area contributed by atoms with E-state index in [9.17, 15) is 24.6 Å². The summed E-state index contributed by atoms with van der Waals surface area (Å²) in [6, 6.07) is -1.01. The van der Waals surface area contributed by atoms with Gasteiger partial charge < -0.3 is 30.5 Å². The normalized spacial score (nSPS) is 15.0. The molecule has 0 rings (SSSR count). The lowest BCUT2D eigenvalue weighted by Gasteiger charge is -2.21. The van der Waals surface area contributed by atoms with Crippen molar-refractivity contribution in [2.24, 2.45) is 11.7 Å². The third-order valence-electron chi connectivity index (χ3n) is 9.10.